The lowest BCUT2D eigenvalue weighted by atomic mass is 10.2. The fourth-order valence-electron chi connectivity index (χ4n) is 1.41. The van der Waals surface area contributed by atoms with Gasteiger partial charge >= 0.3 is 0 Å². The average Bonchev–Trinajstić information content (AvgIpc) is 2.32. The van der Waals surface area contributed by atoms with Crippen molar-refractivity contribution in [1.82, 2.24) is 4.98 Å². The SMILES string of the molecule is CCOc1cnc(COS(C)(=O)=O)c(C)c1OCF. The van der Waals surface area contributed by atoms with Crippen LogP contribution >= 0.6 is 0 Å². The van der Waals surface area contributed by atoms with E-state index < -0.39 is 17.0 Å². The highest BCUT2D eigenvalue weighted by Gasteiger charge is 2.15. The van der Waals surface area contributed by atoms with Crippen molar-refractivity contribution in [3.05, 3.63) is 17.5 Å². The van der Waals surface area contributed by atoms with Crippen LogP contribution in [-0.2, 0) is 20.9 Å². The van der Waals surface area contributed by atoms with Gasteiger partial charge in [-0.25, -0.2) is 4.39 Å². The summed E-state index contributed by atoms with van der Waals surface area (Å²) >= 11 is 0. The molecule has 0 aliphatic carbocycles. The minimum absolute atomic E-state index is 0.200. The fraction of sp³-hybridized carbons (Fsp3) is 0.545. The number of hydrogen-bond donors (Lipinski definition) is 0. The second kappa shape index (κ2) is 6.67. The number of aromatic nitrogens is 1. The van der Waals surface area contributed by atoms with Gasteiger partial charge in [-0.05, 0) is 13.8 Å². The molecule has 0 N–H and O–H groups in total. The third-order valence-electron chi connectivity index (χ3n) is 2.24. The number of halogens is 1. The highest BCUT2D eigenvalue weighted by atomic mass is 32.2. The van der Waals surface area contributed by atoms with Gasteiger partial charge in [0.1, 0.15) is 6.61 Å². The topological polar surface area (TPSA) is 74.7 Å². The molecule has 1 heterocycles. The van der Waals surface area contributed by atoms with E-state index in [0.29, 0.717) is 23.6 Å². The molecular formula is C11H16FNO5S. The highest BCUT2D eigenvalue weighted by Crippen LogP contribution is 2.32. The molecule has 1 rings (SSSR count). The van der Waals surface area contributed by atoms with Crippen LogP contribution in [0.5, 0.6) is 11.5 Å². The quantitative estimate of drug-likeness (QED) is 0.710. The maximum Gasteiger partial charge on any atom is 0.264 e. The molecule has 0 saturated heterocycles. The molecule has 8 heteroatoms. The van der Waals surface area contributed by atoms with E-state index in [-0.39, 0.29) is 12.4 Å². The Morgan fingerprint density at radius 3 is 2.58 bits per heavy atom. The zero-order valence-corrected chi connectivity index (χ0v) is 11.8. The molecular weight excluding hydrogens is 277 g/mol. The lowest BCUT2D eigenvalue weighted by molar-refractivity contribution is 0.179. The number of alkyl halides is 1. The van der Waals surface area contributed by atoms with Crippen LogP contribution in [0.25, 0.3) is 0 Å². The lowest BCUT2D eigenvalue weighted by Crippen LogP contribution is -2.08. The molecule has 0 atom stereocenters. The van der Waals surface area contributed by atoms with Crippen LogP contribution in [0.4, 0.5) is 4.39 Å². The Hall–Kier alpha value is -1.41. The van der Waals surface area contributed by atoms with Gasteiger partial charge in [-0.3, -0.25) is 9.17 Å². The maximum absolute atomic E-state index is 12.4. The monoisotopic (exact) mass is 293 g/mol. The standard InChI is InChI=1S/C11H16FNO5S/c1-4-16-10-5-13-9(6-18-19(3,14)15)8(2)11(10)17-7-12/h5H,4,6-7H2,1-3H3. The first-order valence-corrected chi connectivity index (χ1v) is 7.35. The number of hydrogen-bond acceptors (Lipinski definition) is 6. The van der Waals surface area contributed by atoms with Gasteiger partial charge in [0.2, 0.25) is 6.86 Å². The van der Waals surface area contributed by atoms with Crippen molar-refractivity contribution in [3.8, 4) is 11.5 Å². The second-order valence-electron chi connectivity index (χ2n) is 3.68. The number of pyridine rings is 1. The Morgan fingerprint density at radius 2 is 2.05 bits per heavy atom. The maximum atomic E-state index is 12.4. The predicted molar refractivity (Wildman–Crippen MR) is 66.4 cm³/mol. The van der Waals surface area contributed by atoms with Crippen LogP contribution in [0.2, 0.25) is 0 Å². The summed E-state index contributed by atoms with van der Waals surface area (Å²) in [5.74, 6) is 0.507. The van der Waals surface area contributed by atoms with Crippen LogP contribution in [-0.4, -0.2) is 33.1 Å². The normalized spacial score (nSPS) is 11.4. The summed E-state index contributed by atoms with van der Waals surface area (Å²) in [5, 5.41) is 0. The van der Waals surface area contributed by atoms with E-state index in [1.165, 1.54) is 6.20 Å². The summed E-state index contributed by atoms with van der Waals surface area (Å²) in [6.07, 6.45) is 2.29. The number of rotatable bonds is 7. The van der Waals surface area contributed by atoms with Crippen molar-refractivity contribution < 1.29 is 26.5 Å². The third-order valence-corrected chi connectivity index (χ3v) is 2.79. The third kappa shape index (κ3) is 4.64. The van der Waals surface area contributed by atoms with E-state index in [0.717, 1.165) is 6.26 Å². The molecule has 0 radical (unpaired) electrons. The van der Waals surface area contributed by atoms with E-state index in [2.05, 4.69) is 9.17 Å². The summed E-state index contributed by atoms with van der Waals surface area (Å²) in [5.41, 5.74) is 0.824. The van der Waals surface area contributed by atoms with Gasteiger partial charge in [0.05, 0.1) is 24.8 Å². The molecule has 0 bridgehead atoms. The molecule has 0 aliphatic rings. The molecule has 6 nitrogen and oxygen atoms in total. The van der Waals surface area contributed by atoms with Crippen molar-refractivity contribution in [2.24, 2.45) is 0 Å². The highest BCUT2D eigenvalue weighted by molar-refractivity contribution is 7.85. The molecule has 0 aliphatic heterocycles. The van der Waals surface area contributed by atoms with Crippen LogP contribution in [0.1, 0.15) is 18.2 Å². The number of ether oxygens (including phenoxy) is 2. The summed E-state index contributed by atoms with van der Waals surface area (Å²) < 4.78 is 49.0. The Morgan fingerprint density at radius 1 is 1.37 bits per heavy atom. The van der Waals surface area contributed by atoms with Crippen molar-refractivity contribution in [3.63, 3.8) is 0 Å². The van der Waals surface area contributed by atoms with Crippen molar-refractivity contribution >= 4 is 10.1 Å². The molecule has 0 spiro atoms. The molecule has 1 aromatic rings. The molecule has 0 saturated carbocycles. The van der Waals surface area contributed by atoms with Crippen LogP contribution in [0, 0.1) is 6.92 Å². The zero-order chi connectivity index (χ0) is 14.5. The second-order valence-corrected chi connectivity index (χ2v) is 5.32. The smallest absolute Gasteiger partial charge is 0.264 e. The van der Waals surface area contributed by atoms with Gasteiger partial charge in [-0.1, -0.05) is 0 Å². The van der Waals surface area contributed by atoms with E-state index >= 15 is 0 Å². The summed E-state index contributed by atoms with van der Waals surface area (Å²) in [6, 6.07) is 0. The molecule has 19 heavy (non-hydrogen) atoms. The summed E-state index contributed by atoms with van der Waals surface area (Å²) in [7, 11) is -3.57. The molecule has 0 fully saturated rings. The average molecular weight is 293 g/mol. The van der Waals surface area contributed by atoms with E-state index in [1.54, 1.807) is 13.8 Å². The first-order valence-electron chi connectivity index (χ1n) is 5.53. The van der Waals surface area contributed by atoms with E-state index in [1.807, 2.05) is 0 Å². The van der Waals surface area contributed by atoms with Gasteiger partial charge in [0, 0.05) is 5.56 Å². The van der Waals surface area contributed by atoms with Gasteiger partial charge < -0.3 is 9.47 Å². The van der Waals surface area contributed by atoms with Crippen LogP contribution in [0.3, 0.4) is 0 Å². The first kappa shape index (κ1) is 15.6. The molecule has 0 unspecified atom stereocenters. The van der Waals surface area contributed by atoms with Crippen molar-refractivity contribution in [2.75, 3.05) is 19.7 Å². The van der Waals surface area contributed by atoms with Gasteiger partial charge in [0.15, 0.2) is 11.5 Å². The lowest BCUT2D eigenvalue weighted by Gasteiger charge is -2.14. The van der Waals surface area contributed by atoms with Gasteiger partial charge in [-0.2, -0.15) is 8.42 Å². The molecule has 1 aromatic heterocycles. The van der Waals surface area contributed by atoms with Crippen molar-refractivity contribution in [2.45, 2.75) is 20.5 Å². The Balaban J connectivity index is 3.04. The first-order chi connectivity index (χ1) is 8.89. The van der Waals surface area contributed by atoms with Crippen LogP contribution < -0.4 is 9.47 Å². The minimum Gasteiger partial charge on any atom is -0.488 e. The predicted octanol–water partition coefficient (Wildman–Crippen LogP) is 1.57. The molecule has 0 aromatic carbocycles. The molecule has 0 amide bonds. The van der Waals surface area contributed by atoms with Gasteiger partial charge in [0.25, 0.3) is 10.1 Å². The number of nitrogens with zero attached hydrogens (tertiary/aromatic N) is 1. The molecule has 108 valence electrons. The Bertz CT molecular complexity index is 532. The fourth-order valence-corrected chi connectivity index (χ4v) is 1.73. The zero-order valence-electron chi connectivity index (χ0n) is 11.0. The van der Waals surface area contributed by atoms with Crippen molar-refractivity contribution in [1.29, 1.82) is 0 Å². The largest absolute Gasteiger partial charge is 0.488 e. The Kier molecular flexibility index (Phi) is 5.49. The summed E-state index contributed by atoms with van der Waals surface area (Å²) in [4.78, 5) is 4.03. The van der Waals surface area contributed by atoms with E-state index in [9.17, 15) is 12.8 Å². The summed E-state index contributed by atoms with van der Waals surface area (Å²) in [6.45, 7) is 2.52. The Labute approximate surface area is 111 Å². The van der Waals surface area contributed by atoms with Gasteiger partial charge in [-0.15, -0.1) is 0 Å². The van der Waals surface area contributed by atoms with Crippen LogP contribution in [0.15, 0.2) is 6.20 Å². The minimum atomic E-state index is -3.57. The van der Waals surface area contributed by atoms with E-state index in [4.69, 9.17) is 9.47 Å².